The summed E-state index contributed by atoms with van der Waals surface area (Å²) in [6, 6.07) is 13.9. The summed E-state index contributed by atoms with van der Waals surface area (Å²) >= 11 is 0. The second kappa shape index (κ2) is 6.41. The van der Waals surface area contributed by atoms with Crippen molar-refractivity contribution in [3.05, 3.63) is 71.6 Å². The van der Waals surface area contributed by atoms with Gasteiger partial charge in [0.15, 0.2) is 17.1 Å². The van der Waals surface area contributed by atoms with Gasteiger partial charge in [-0.2, -0.15) is 5.10 Å². The maximum Gasteiger partial charge on any atom is 0.185 e. The van der Waals surface area contributed by atoms with Crippen molar-refractivity contribution in [1.82, 2.24) is 19.8 Å². The molecule has 3 aromatic heterocycles. The van der Waals surface area contributed by atoms with Gasteiger partial charge in [-0.25, -0.2) is 4.52 Å². The minimum absolute atomic E-state index is 0.00530. The van der Waals surface area contributed by atoms with Crippen molar-refractivity contribution in [3.63, 3.8) is 0 Å². The van der Waals surface area contributed by atoms with E-state index < -0.39 is 0 Å². The van der Waals surface area contributed by atoms with E-state index in [-0.39, 0.29) is 17.6 Å². The lowest BCUT2D eigenvalue weighted by atomic mass is 9.87. The number of aromatic nitrogens is 4. The number of carbonyl (C=O) groups is 1. The monoisotopic (exact) mass is 372 g/mol. The smallest absolute Gasteiger partial charge is 0.185 e. The average Bonchev–Trinajstić information content (AvgIpc) is 3.36. The van der Waals surface area contributed by atoms with Gasteiger partial charge in [-0.1, -0.05) is 44.2 Å². The summed E-state index contributed by atoms with van der Waals surface area (Å²) in [5.41, 5.74) is 4.93. The molecule has 0 saturated carbocycles. The Labute approximate surface area is 162 Å². The zero-order valence-electron chi connectivity index (χ0n) is 15.8. The molecule has 0 radical (unpaired) electrons. The van der Waals surface area contributed by atoms with E-state index in [9.17, 15) is 4.79 Å². The molecule has 3 heterocycles. The lowest BCUT2D eigenvalue weighted by Crippen LogP contribution is -2.24. The van der Waals surface area contributed by atoms with Crippen LogP contribution >= 0.6 is 0 Å². The Balaban J connectivity index is 1.74. The molecule has 1 aliphatic rings. The van der Waals surface area contributed by atoms with Gasteiger partial charge in [0.05, 0.1) is 23.2 Å². The molecule has 4 aromatic rings. The van der Waals surface area contributed by atoms with Gasteiger partial charge in [-0.05, 0) is 23.6 Å². The third-order valence-corrected chi connectivity index (χ3v) is 5.35. The second-order valence-corrected chi connectivity index (χ2v) is 7.56. The van der Waals surface area contributed by atoms with Gasteiger partial charge in [-0.15, -0.1) is 10.2 Å². The fourth-order valence-electron chi connectivity index (χ4n) is 4.00. The van der Waals surface area contributed by atoms with E-state index in [4.69, 9.17) is 9.52 Å². The van der Waals surface area contributed by atoms with Gasteiger partial charge in [0, 0.05) is 18.8 Å². The SMILES string of the molecule is CC(C)c1nn2c3c(nnc2c1-c1ccccc1)C(=O)C[C@H](c1ccco1)C3. The van der Waals surface area contributed by atoms with Gasteiger partial charge in [-0.3, -0.25) is 4.79 Å². The predicted octanol–water partition coefficient (Wildman–Crippen LogP) is 4.42. The van der Waals surface area contributed by atoms with Crippen molar-refractivity contribution in [2.24, 2.45) is 0 Å². The molecule has 5 rings (SSSR count). The first kappa shape index (κ1) is 16.9. The highest BCUT2D eigenvalue weighted by molar-refractivity contribution is 5.97. The first-order valence-electron chi connectivity index (χ1n) is 9.53. The molecule has 0 unspecified atom stereocenters. The van der Waals surface area contributed by atoms with Crippen LogP contribution in [0.4, 0.5) is 0 Å². The van der Waals surface area contributed by atoms with Crippen LogP contribution in [-0.4, -0.2) is 25.6 Å². The predicted molar refractivity (Wildman–Crippen MR) is 104 cm³/mol. The number of carbonyl (C=O) groups excluding carboxylic acids is 1. The van der Waals surface area contributed by atoms with Crippen molar-refractivity contribution in [1.29, 1.82) is 0 Å². The van der Waals surface area contributed by atoms with Gasteiger partial charge < -0.3 is 4.42 Å². The number of benzene rings is 1. The highest BCUT2D eigenvalue weighted by Crippen LogP contribution is 2.36. The van der Waals surface area contributed by atoms with E-state index in [1.807, 2.05) is 34.8 Å². The molecule has 0 amide bonds. The van der Waals surface area contributed by atoms with Crippen LogP contribution in [0.2, 0.25) is 0 Å². The maximum atomic E-state index is 12.7. The Morgan fingerprint density at radius 2 is 1.89 bits per heavy atom. The van der Waals surface area contributed by atoms with Crippen LogP contribution in [-0.2, 0) is 6.42 Å². The topological polar surface area (TPSA) is 73.3 Å². The van der Waals surface area contributed by atoms with E-state index in [0.29, 0.717) is 24.2 Å². The summed E-state index contributed by atoms with van der Waals surface area (Å²) in [7, 11) is 0. The van der Waals surface area contributed by atoms with E-state index in [1.54, 1.807) is 6.26 Å². The number of nitrogens with zero attached hydrogens (tertiary/aromatic N) is 4. The Kier molecular flexibility index (Phi) is 3.86. The number of Topliss-reactive ketones (excluding diaryl/α,β-unsaturated/α-hetero) is 1. The first-order valence-corrected chi connectivity index (χ1v) is 9.53. The van der Waals surface area contributed by atoms with Gasteiger partial charge in [0.1, 0.15) is 5.76 Å². The number of hydrogen-bond donors (Lipinski definition) is 0. The summed E-state index contributed by atoms with van der Waals surface area (Å²) in [4.78, 5) is 12.7. The highest BCUT2D eigenvalue weighted by atomic mass is 16.3. The summed E-state index contributed by atoms with van der Waals surface area (Å²) in [5.74, 6) is 1.02. The van der Waals surface area contributed by atoms with Gasteiger partial charge in [0.25, 0.3) is 0 Å². The van der Waals surface area contributed by atoms with Gasteiger partial charge in [0.2, 0.25) is 0 Å². The molecule has 6 nitrogen and oxygen atoms in total. The summed E-state index contributed by atoms with van der Waals surface area (Å²) < 4.78 is 7.39. The van der Waals surface area contributed by atoms with Crippen LogP contribution in [0.5, 0.6) is 0 Å². The van der Waals surface area contributed by atoms with Crippen molar-refractivity contribution >= 4 is 11.4 Å². The fraction of sp³-hybridized carbons (Fsp3) is 0.273. The quantitative estimate of drug-likeness (QED) is 0.532. The van der Waals surface area contributed by atoms with Crippen molar-refractivity contribution in [2.45, 2.75) is 38.5 Å². The van der Waals surface area contributed by atoms with Crippen LogP contribution in [0.25, 0.3) is 16.8 Å². The van der Waals surface area contributed by atoms with E-state index in [0.717, 1.165) is 28.3 Å². The maximum absolute atomic E-state index is 12.7. The van der Waals surface area contributed by atoms with Crippen molar-refractivity contribution in [3.8, 4) is 11.1 Å². The lowest BCUT2D eigenvalue weighted by molar-refractivity contribution is 0.0951. The molecular formula is C22H20N4O2. The van der Waals surface area contributed by atoms with E-state index in [2.05, 4.69) is 36.2 Å². The number of ketones is 1. The fourth-order valence-corrected chi connectivity index (χ4v) is 4.00. The summed E-state index contributed by atoms with van der Waals surface area (Å²) in [6.07, 6.45) is 2.67. The van der Waals surface area contributed by atoms with Crippen molar-refractivity contribution in [2.75, 3.05) is 0 Å². The third-order valence-electron chi connectivity index (χ3n) is 5.35. The standard InChI is InChI=1S/C22H20N4O2/c1-13(2)20-19(14-7-4-3-5-8-14)22-24-23-21-16(26(22)25-20)11-15(12-17(21)27)18-9-6-10-28-18/h3-10,13,15H,11-12H2,1-2H3/t15-/m1/s1. The molecule has 0 fully saturated rings. The van der Waals surface area contributed by atoms with Crippen LogP contribution in [0.15, 0.2) is 53.1 Å². The van der Waals surface area contributed by atoms with E-state index in [1.165, 1.54) is 0 Å². The molecule has 0 spiro atoms. The molecular weight excluding hydrogens is 352 g/mol. The number of fused-ring (bicyclic) bond motifs is 3. The molecule has 1 atom stereocenters. The minimum Gasteiger partial charge on any atom is -0.469 e. The zero-order chi connectivity index (χ0) is 19.3. The molecule has 0 N–H and O–H groups in total. The molecule has 6 heteroatoms. The Morgan fingerprint density at radius 3 is 2.61 bits per heavy atom. The summed E-state index contributed by atoms with van der Waals surface area (Å²) in [5, 5.41) is 13.6. The normalized spacial score (nSPS) is 16.7. The van der Waals surface area contributed by atoms with Crippen LogP contribution < -0.4 is 0 Å². The minimum atomic E-state index is -0.0140. The van der Waals surface area contributed by atoms with Gasteiger partial charge >= 0.3 is 0 Å². The largest absolute Gasteiger partial charge is 0.469 e. The van der Waals surface area contributed by atoms with Crippen LogP contribution in [0.1, 0.15) is 59.7 Å². The number of furan rings is 1. The lowest BCUT2D eigenvalue weighted by Gasteiger charge is -2.21. The molecule has 140 valence electrons. The third kappa shape index (κ3) is 2.56. The molecule has 0 saturated heterocycles. The molecule has 0 aliphatic heterocycles. The Bertz CT molecular complexity index is 1160. The number of rotatable bonds is 3. The highest BCUT2D eigenvalue weighted by Gasteiger charge is 2.33. The first-order chi connectivity index (χ1) is 13.6. The van der Waals surface area contributed by atoms with Crippen molar-refractivity contribution < 1.29 is 9.21 Å². The van der Waals surface area contributed by atoms with Crippen LogP contribution in [0.3, 0.4) is 0 Å². The Hall–Kier alpha value is -3.28. The molecule has 0 bridgehead atoms. The molecule has 1 aliphatic carbocycles. The average molecular weight is 372 g/mol. The van der Waals surface area contributed by atoms with Crippen LogP contribution in [0, 0.1) is 0 Å². The molecule has 28 heavy (non-hydrogen) atoms. The zero-order valence-corrected chi connectivity index (χ0v) is 15.8. The molecule has 1 aromatic carbocycles. The number of hydrogen-bond acceptors (Lipinski definition) is 5. The van der Waals surface area contributed by atoms with E-state index >= 15 is 0 Å². The Morgan fingerprint density at radius 1 is 1.07 bits per heavy atom. The second-order valence-electron chi connectivity index (χ2n) is 7.56. The summed E-state index contributed by atoms with van der Waals surface area (Å²) in [6.45, 7) is 4.23.